The van der Waals surface area contributed by atoms with Crippen molar-refractivity contribution in [3.63, 3.8) is 0 Å². The zero-order chi connectivity index (χ0) is 17.5. The summed E-state index contributed by atoms with van der Waals surface area (Å²) in [5.74, 6) is 1.91. The normalized spacial score (nSPS) is 14.2. The van der Waals surface area contributed by atoms with Crippen molar-refractivity contribution in [1.29, 1.82) is 0 Å². The van der Waals surface area contributed by atoms with Crippen LogP contribution in [0.3, 0.4) is 0 Å². The number of carbonyl (C=O) groups excluding carboxylic acids is 1. The first-order valence-corrected chi connectivity index (χ1v) is 8.80. The number of aromatic nitrogens is 2. The quantitative estimate of drug-likeness (QED) is 0.858. The number of carbonyl (C=O) groups is 1. The van der Waals surface area contributed by atoms with Gasteiger partial charge in [0.25, 0.3) is 5.91 Å². The van der Waals surface area contributed by atoms with Gasteiger partial charge in [-0.15, -0.1) is 0 Å². The molecule has 1 aromatic carbocycles. The standard InChI is InChI=1S/C18H21ClN4O2/c19-14-4-6-15(7-5-14)25-13-18(24)21-12-16-20-9-8-17(22-16)23-10-2-1-3-11-23/h4-9H,1-3,10-13H2,(H,21,24). The van der Waals surface area contributed by atoms with Crippen molar-refractivity contribution in [2.75, 3.05) is 24.6 Å². The summed E-state index contributed by atoms with van der Waals surface area (Å²) in [7, 11) is 0. The van der Waals surface area contributed by atoms with E-state index in [2.05, 4.69) is 20.2 Å². The van der Waals surface area contributed by atoms with Crippen LogP contribution in [-0.4, -0.2) is 35.6 Å². The SMILES string of the molecule is O=C(COc1ccc(Cl)cc1)NCc1nccc(N2CCCCC2)n1. The minimum atomic E-state index is -0.220. The van der Waals surface area contributed by atoms with Crippen LogP contribution in [0.5, 0.6) is 5.75 Å². The van der Waals surface area contributed by atoms with Crippen molar-refractivity contribution < 1.29 is 9.53 Å². The molecule has 2 aromatic rings. The first-order valence-electron chi connectivity index (χ1n) is 8.43. The lowest BCUT2D eigenvalue weighted by molar-refractivity contribution is -0.123. The van der Waals surface area contributed by atoms with Gasteiger partial charge in [0.2, 0.25) is 0 Å². The van der Waals surface area contributed by atoms with Crippen molar-refractivity contribution in [2.24, 2.45) is 0 Å². The van der Waals surface area contributed by atoms with Gasteiger partial charge in [-0.1, -0.05) is 11.6 Å². The maximum atomic E-state index is 11.9. The highest BCUT2D eigenvalue weighted by atomic mass is 35.5. The van der Waals surface area contributed by atoms with Crippen molar-refractivity contribution in [3.05, 3.63) is 47.4 Å². The van der Waals surface area contributed by atoms with E-state index < -0.39 is 0 Å². The van der Waals surface area contributed by atoms with Crippen LogP contribution in [0.2, 0.25) is 5.02 Å². The van der Waals surface area contributed by atoms with Gasteiger partial charge in [-0.05, 0) is 49.6 Å². The third-order valence-electron chi connectivity index (χ3n) is 4.00. The lowest BCUT2D eigenvalue weighted by atomic mass is 10.1. The van der Waals surface area contributed by atoms with Gasteiger partial charge in [0.15, 0.2) is 6.61 Å². The van der Waals surface area contributed by atoms with Crippen LogP contribution in [0, 0.1) is 0 Å². The number of nitrogens with zero attached hydrogens (tertiary/aromatic N) is 3. The molecule has 1 aliphatic rings. The maximum absolute atomic E-state index is 11.9. The Labute approximate surface area is 152 Å². The Morgan fingerprint density at radius 3 is 2.68 bits per heavy atom. The minimum absolute atomic E-state index is 0.0621. The van der Waals surface area contributed by atoms with E-state index in [9.17, 15) is 4.79 Å². The molecule has 0 aliphatic carbocycles. The van der Waals surface area contributed by atoms with E-state index in [4.69, 9.17) is 16.3 Å². The van der Waals surface area contributed by atoms with Crippen LogP contribution in [0.25, 0.3) is 0 Å². The highest BCUT2D eigenvalue weighted by Gasteiger charge is 2.13. The fourth-order valence-corrected chi connectivity index (χ4v) is 2.81. The number of hydrogen-bond acceptors (Lipinski definition) is 5. The van der Waals surface area contributed by atoms with Gasteiger partial charge in [-0.25, -0.2) is 9.97 Å². The molecule has 0 saturated carbocycles. The lowest BCUT2D eigenvalue weighted by Crippen LogP contribution is -2.31. The Hall–Kier alpha value is -2.34. The zero-order valence-electron chi connectivity index (χ0n) is 13.9. The Morgan fingerprint density at radius 2 is 1.92 bits per heavy atom. The summed E-state index contributed by atoms with van der Waals surface area (Å²) in [6.45, 7) is 2.27. The molecule has 0 radical (unpaired) electrons. The smallest absolute Gasteiger partial charge is 0.258 e. The van der Waals surface area contributed by atoms with E-state index in [0.29, 0.717) is 16.6 Å². The molecule has 1 aliphatic heterocycles. The van der Waals surface area contributed by atoms with Crippen LogP contribution in [0.1, 0.15) is 25.1 Å². The van der Waals surface area contributed by atoms with Gasteiger partial charge in [0, 0.05) is 24.3 Å². The predicted molar refractivity (Wildman–Crippen MR) is 96.9 cm³/mol. The van der Waals surface area contributed by atoms with E-state index in [1.165, 1.54) is 19.3 Å². The van der Waals surface area contributed by atoms with Gasteiger partial charge in [0.1, 0.15) is 17.4 Å². The fourth-order valence-electron chi connectivity index (χ4n) is 2.68. The number of nitrogens with one attached hydrogen (secondary N) is 1. The van der Waals surface area contributed by atoms with E-state index >= 15 is 0 Å². The minimum Gasteiger partial charge on any atom is -0.484 e. The van der Waals surface area contributed by atoms with Crippen LogP contribution >= 0.6 is 11.6 Å². The Kier molecular flexibility index (Phi) is 6.06. The molecule has 0 atom stereocenters. The summed E-state index contributed by atoms with van der Waals surface area (Å²) in [6.07, 6.45) is 5.40. The van der Waals surface area contributed by atoms with Crippen LogP contribution < -0.4 is 15.0 Å². The van der Waals surface area contributed by atoms with E-state index in [0.717, 1.165) is 18.9 Å². The average molecular weight is 361 g/mol. The number of piperidine rings is 1. The zero-order valence-corrected chi connectivity index (χ0v) is 14.7. The highest BCUT2D eigenvalue weighted by molar-refractivity contribution is 6.30. The van der Waals surface area contributed by atoms with E-state index in [-0.39, 0.29) is 19.1 Å². The first kappa shape index (κ1) is 17.5. The molecule has 132 valence electrons. The number of hydrogen-bond donors (Lipinski definition) is 1. The molecule has 6 nitrogen and oxygen atoms in total. The molecule has 1 saturated heterocycles. The number of rotatable bonds is 6. The third-order valence-corrected chi connectivity index (χ3v) is 4.25. The number of ether oxygens (including phenoxy) is 1. The molecular weight excluding hydrogens is 340 g/mol. The summed E-state index contributed by atoms with van der Waals surface area (Å²) in [4.78, 5) is 22.9. The van der Waals surface area contributed by atoms with Crippen LogP contribution in [-0.2, 0) is 11.3 Å². The Morgan fingerprint density at radius 1 is 1.16 bits per heavy atom. The average Bonchev–Trinajstić information content (AvgIpc) is 2.67. The van der Waals surface area contributed by atoms with Gasteiger partial charge in [0.05, 0.1) is 6.54 Å². The summed E-state index contributed by atoms with van der Waals surface area (Å²) >= 11 is 5.81. The molecule has 2 heterocycles. The molecule has 0 unspecified atom stereocenters. The molecule has 0 spiro atoms. The molecule has 3 rings (SSSR count). The molecular formula is C18H21ClN4O2. The molecule has 1 aromatic heterocycles. The monoisotopic (exact) mass is 360 g/mol. The first-order chi connectivity index (χ1) is 12.2. The third kappa shape index (κ3) is 5.32. The molecule has 1 amide bonds. The van der Waals surface area contributed by atoms with Crippen molar-refractivity contribution >= 4 is 23.3 Å². The number of benzene rings is 1. The number of amides is 1. The van der Waals surface area contributed by atoms with Crippen molar-refractivity contribution in [3.8, 4) is 5.75 Å². The highest BCUT2D eigenvalue weighted by Crippen LogP contribution is 2.17. The second-order valence-corrected chi connectivity index (χ2v) is 6.33. The summed E-state index contributed by atoms with van der Waals surface area (Å²) in [5.41, 5.74) is 0. The van der Waals surface area contributed by atoms with Gasteiger partial charge in [-0.3, -0.25) is 4.79 Å². The second-order valence-electron chi connectivity index (χ2n) is 5.90. The van der Waals surface area contributed by atoms with Gasteiger partial charge in [-0.2, -0.15) is 0 Å². The predicted octanol–water partition coefficient (Wildman–Crippen LogP) is 2.82. The van der Waals surface area contributed by atoms with Crippen molar-refractivity contribution in [1.82, 2.24) is 15.3 Å². The lowest BCUT2D eigenvalue weighted by Gasteiger charge is -2.27. The summed E-state index contributed by atoms with van der Waals surface area (Å²) < 4.78 is 5.41. The fraction of sp³-hybridized carbons (Fsp3) is 0.389. The van der Waals surface area contributed by atoms with Gasteiger partial charge >= 0.3 is 0 Å². The van der Waals surface area contributed by atoms with Gasteiger partial charge < -0.3 is 15.0 Å². The maximum Gasteiger partial charge on any atom is 0.258 e. The molecule has 1 N–H and O–H groups in total. The molecule has 25 heavy (non-hydrogen) atoms. The summed E-state index contributed by atoms with van der Waals surface area (Å²) in [6, 6.07) is 8.80. The van der Waals surface area contributed by atoms with Crippen LogP contribution in [0.15, 0.2) is 36.5 Å². The van der Waals surface area contributed by atoms with Crippen molar-refractivity contribution in [2.45, 2.75) is 25.8 Å². The van der Waals surface area contributed by atoms with Crippen LogP contribution in [0.4, 0.5) is 5.82 Å². The Bertz CT molecular complexity index is 702. The van der Waals surface area contributed by atoms with E-state index in [1.807, 2.05) is 6.07 Å². The molecule has 7 heteroatoms. The Balaban J connectivity index is 1.47. The largest absolute Gasteiger partial charge is 0.484 e. The number of halogens is 1. The molecule has 0 bridgehead atoms. The summed E-state index contributed by atoms with van der Waals surface area (Å²) in [5, 5.41) is 3.40. The number of anilines is 1. The van der Waals surface area contributed by atoms with E-state index in [1.54, 1.807) is 30.5 Å². The molecule has 1 fully saturated rings. The topological polar surface area (TPSA) is 67.3 Å². The second kappa shape index (κ2) is 8.67.